The summed E-state index contributed by atoms with van der Waals surface area (Å²) >= 11 is 5.95. The average Bonchev–Trinajstić information content (AvgIpc) is 2.85. The monoisotopic (exact) mass is 307 g/mol. The van der Waals surface area contributed by atoms with Gasteiger partial charge in [-0.05, 0) is 38.0 Å². The fourth-order valence-electron chi connectivity index (χ4n) is 2.26. The highest BCUT2D eigenvalue weighted by Crippen LogP contribution is 2.24. The molecule has 1 N–H and O–H groups in total. The van der Waals surface area contributed by atoms with Gasteiger partial charge in [0.1, 0.15) is 0 Å². The highest BCUT2D eigenvalue weighted by molar-refractivity contribution is 6.30. The first kappa shape index (κ1) is 15.9. The standard InChI is InChI=1S/C16H22ClN3O/c1-12-11-20(16(19-12)18-9-4-10-21-3)13(2)14-5-7-15(17)8-6-14/h5-8,11,13H,4,9-10H2,1-3H3,(H,18,19). The van der Waals surface area contributed by atoms with Crippen molar-refractivity contribution in [2.24, 2.45) is 0 Å². The zero-order valence-corrected chi connectivity index (χ0v) is 13.5. The number of anilines is 1. The van der Waals surface area contributed by atoms with Crippen molar-refractivity contribution in [2.75, 3.05) is 25.6 Å². The van der Waals surface area contributed by atoms with Gasteiger partial charge in [0.05, 0.1) is 11.7 Å². The first-order chi connectivity index (χ1) is 10.1. The largest absolute Gasteiger partial charge is 0.385 e. The summed E-state index contributed by atoms with van der Waals surface area (Å²) in [4.78, 5) is 4.56. The van der Waals surface area contributed by atoms with Gasteiger partial charge in [-0.1, -0.05) is 23.7 Å². The molecule has 0 amide bonds. The molecule has 0 aliphatic rings. The predicted molar refractivity (Wildman–Crippen MR) is 87.2 cm³/mol. The second kappa shape index (κ2) is 7.48. The van der Waals surface area contributed by atoms with Crippen molar-refractivity contribution < 1.29 is 4.74 Å². The quantitative estimate of drug-likeness (QED) is 0.788. The molecule has 0 fully saturated rings. The number of nitrogens with one attached hydrogen (secondary N) is 1. The van der Waals surface area contributed by atoms with Crippen molar-refractivity contribution in [1.29, 1.82) is 0 Å². The Morgan fingerprint density at radius 2 is 2.05 bits per heavy atom. The first-order valence-corrected chi connectivity index (χ1v) is 7.53. The predicted octanol–water partition coefficient (Wildman–Crippen LogP) is 3.90. The summed E-state index contributed by atoms with van der Waals surface area (Å²) in [6.07, 6.45) is 3.02. The van der Waals surface area contributed by atoms with Gasteiger partial charge >= 0.3 is 0 Å². The summed E-state index contributed by atoms with van der Waals surface area (Å²) in [6, 6.07) is 8.15. The van der Waals surface area contributed by atoms with Crippen molar-refractivity contribution in [2.45, 2.75) is 26.3 Å². The minimum Gasteiger partial charge on any atom is -0.385 e. The van der Waals surface area contributed by atoms with Crippen LogP contribution in [0.4, 0.5) is 5.95 Å². The van der Waals surface area contributed by atoms with Gasteiger partial charge in [-0.15, -0.1) is 0 Å². The molecule has 0 aliphatic carbocycles. The van der Waals surface area contributed by atoms with Crippen molar-refractivity contribution in [3.63, 3.8) is 0 Å². The van der Waals surface area contributed by atoms with Gasteiger partial charge < -0.3 is 14.6 Å². The normalized spacial score (nSPS) is 12.4. The Morgan fingerprint density at radius 3 is 2.71 bits per heavy atom. The number of nitrogens with zero attached hydrogens (tertiary/aromatic N) is 2. The number of aryl methyl sites for hydroxylation is 1. The summed E-state index contributed by atoms with van der Waals surface area (Å²) in [5.41, 5.74) is 2.21. The van der Waals surface area contributed by atoms with Crippen LogP contribution in [-0.2, 0) is 4.74 Å². The van der Waals surface area contributed by atoms with Crippen LogP contribution in [0.2, 0.25) is 5.02 Å². The van der Waals surface area contributed by atoms with E-state index >= 15 is 0 Å². The summed E-state index contributed by atoms with van der Waals surface area (Å²) in [5, 5.41) is 4.13. The van der Waals surface area contributed by atoms with E-state index in [1.807, 2.05) is 19.1 Å². The molecule has 1 unspecified atom stereocenters. The summed E-state index contributed by atoms with van der Waals surface area (Å²) in [7, 11) is 1.72. The Bertz CT molecular complexity index is 565. The molecule has 0 saturated heterocycles. The minimum atomic E-state index is 0.202. The molecule has 5 heteroatoms. The van der Waals surface area contributed by atoms with Gasteiger partial charge in [0.25, 0.3) is 0 Å². The molecule has 21 heavy (non-hydrogen) atoms. The maximum Gasteiger partial charge on any atom is 0.203 e. The molecule has 0 bridgehead atoms. The van der Waals surface area contributed by atoms with Gasteiger partial charge in [-0.3, -0.25) is 0 Å². The molecule has 0 spiro atoms. The molecule has 4 nitrogen and oxygen atoms in total. The molecule has 1 aromatic carbocycles. The number of hydrogen-bond donors (Lipinski definition) is 1. The lowest BCUT2D eigenvalue weighted by atomic mass is 10.1. The Kier molecular flexibility index (Phi) is 5.65. The van der Waals surface area contributed by atoms with Gasteiger partial charge in [0.2, 0.25) is 5.95 Å². The average molecular weight is 308 g/mol. The SMILES string of the molecule is COCCCNc1nc(C)cn1C(C)c1ccc(Cl)cc1. The van der Waals surface area contributed by atoms with E-state index in [0.29, 0.717) is 0 Å². The number of methoxy groups -OCH3 is 1. The van der Waals surface area contributed by atoms with Gasteiger partial charge in [0.15, 0.2) is 0 Å². The second-order valence-corrected chi connectivity index (χ2v) is 5.55. The summed E-state index contributed by atoms with van der Waals surface area (Å²) in [5.74, 6) is 0.894. The lowest BCUT2D eigenvalue weighted by Gasteiger charge is -2.17. The van der Waals surface area contributed by atoms with E-state index in [0.717, 1.165) is 36.2 Å². The lowest BCUT2D eigenvalue weighted by Crippen LogP contribution is -2.13. The van der Waals surface area contributed by atoms with Crippen LogP contribution in [0.25, 0.3) is 0 Å². The van der Waals surface area contributed by atoms with E-state index < -0.39 is 0 Å². The van der Waals surface area contributed by atoms with Crippen LogP contribution in [-0.4, -0.2) is 29.8 Å². The van der Waals surface area contributed by atoms with Crippen molar-refractivity contribution in [3.8, 4) is 0 Å². The van der Waals surface area contributed by atoms with E-state index in [9.17, 15) is 0 Å². The summed E-state index contributed by atoms with van der Waals surface area (Å²) < 4.78 is 7.22. The number of ether oxygens (including phenoxy) is 1. The molecular formula is C16H22ClN3O. The third-order valence-electron chi connectivity index (χ3n) is 3.43. The van der Waals surface area contributed by atoms with Crippen LogP contribution >= 0.6 is 11.6 Å². The van der Waals surface area contributed by atoms with E-state index in [-0.39, 0.29) is 6.04 Å². The molecule has 0 saturated carbocycles. The number of hydrogen-bond acceptors (Lipinski definition) is 3. The van der Waals surface area contributed by atoms with Crippen LogP contribution in [0.15, 0.2) is 30.5 Å². The van der Waals surface area contributed by atoms with Crippen molar-refractivity contribution in [3.05, 3.63) is 46.7 Å². The Labute approximate surface area is 131 Å². The van der Waals surface area contributed by atoms with Crippen LogP contribution in [0, 0.1) is 6.92 Å². The number of benzene rings is 1. The van der Waals surface area contributed by atoms with Crippen molar-refractivity contribution in [1.82, 2.24) is 9.55 Å². The Balaban J connectivity index is 2.12. The molecule has 2 rings (SSSR count). The van der Waals surface area contributed by atoms with Gasteiger partial charge in [-0.25, -0.2) is 4.98 Å². The lowest BCUT2D eigenvalue weighted by molar-refractivity contribution is 0.197. The van der Waals surface area contributed by atoms with Crippen molar-refractivity contribution >= 4 is 17.5 Å². The third kappa shape index (κ3) is 4.22. The first-order valence-electron chi connectivity index (χ1n) is 7.15. The maximum atomic E-state index is 5.95. The number of imidazole rings is 1. The Hall–Kier alpha value is -1.52. The van der Waals surface area contributed by atoms with Gasteiger partial charge in [0, 0.05) is 31.5 Å². The van der Waals surface area contributed by atoms with E-state index in [1.54, 1.807) is 7.11 Å². The zero-order chi connectivity index (χ0) is 15.2. The molecule has 0 aliphatic heterocycles. The van der Waals surface area contributed by atoms with E-state index in [4.69, 9.17) is 16.3 Å². The van der Waals surface area contributed by atoms with Crippen LogP contribution in [0.1, 0.15) is 30.6 Å². The van der Waals surface area contributed by atoms with Crippen LogP contribution in [0.5, 0.6) is 0 Å². The number of halogens is 1. The topological polar surface area (TPSA) is 39.1 Å². The maximum absolute atomic E-state index is 5.95. The Morgan fingerprint density at radius 1 is 1.33 bits per heavy atom. The highest BCUT2D eigenvalue weighted by Gasteiger charge is 2.13. The molecule has 114 valence electrons. The molecular weight excluding hydrogens is 286 g/mol. The third-order valence-corrected chi connectivity index (χ3v) is 3.68. The van der Waals surface area contributed by atoms with Crippen LogP contribution in [0.3, 0.4) is 0 Å². The highest BCUT2D eigenvalue weighted by atomic mass is 35.5. The smallest absolute Gasteiger partial charge is 0.203 e. The fourth-order valence-corrected chi connectivity index (χ4v) is 2.39. The fraction of sp³-hybridized carbons (Fsp3) is 0.438. The van der Waals surface area contributed by atoms with Gasteiger partial charge in [-0.2, -0.15) is 0 Å². The molecule has 0 radical (unpaired) electrons. The number of rotatable bonds is 7. The van der Waals surface area contributed by atoms with Crippen LogP contribution < -0.4 is 5.32 Å². The minimum absolute atomic E-state index is 0.202. The van der Waals surface area contributed by atoms with E-state index in [2.05, 4.69) is 40.1 Å². The number of aromatic nitrogens is 2. The summed E-state index contributed by atoms with van der Waals surface area (Å²) in [6.45, 7) is 5.76. The molecule has 1 atom stereocenters. The van der Waals surface area contributed by atoms with E-state index in [1.165, 1.54) is 5.56 Å². The molecule has 1 aromatic heterocycles. The zero-order valence-electron chi connectivity index (χ0n) is 12.8. The molecule has 1 heterocycles. The second-order valence-electron chi connectivity index (χ2n) is 5.11. The molecule has 2 aromatic rings.